The molecular weight excluding hydrogens is 272 g/mol. The molecule has 1 N–H and O–H groups in total. The van der Waals surface area contributed by atoms with Crippen molar-refractivity contribution in [1.29, 1.82) is 0 Å². The lowest BCUT2D eigenvalue weighted by atomic mass is 9.86. The molecule has 1 saturated carbocycles. The molecule has 0 radical (unpaired) electrons. The first-order valence-electron chi connectivity index (χ1n) is 8.88. The number of nitrogens with zero attached hydrogens (tertiary/aromatic N) is 1. The van der Waals surface area contributed by atoms with Gasteiger partial charge < -0.3 is 15.0 Å². The Bertz CT molecular complexity index is 490. The molecule has 0 atom stereocenters. The number of benzene rings is 1. The molecule has 0 aromatic heterocycles. The molecule has 1 aromatic carbocycles. The Kier molecular flexibility index (Phi) is 5.37. The van der Waals surface area contributed by atoms with Gasteiger partial charge in [0, 0.05) is 32.7 Å². The second-order valence-electron chi connectivity index (χ2n) is 7.02. The molecule has 1 aliphatic heterocycles. The number of hydrogen-bond acceptors (Lipinski definition) is 3. The van der Waals surface area contributed by atoms with E-state index in [0.29, 0.717) is 0 Å². The molecule has 0 amide bonds. The summed E-state index contributed by atoms with van der Waals surface area (Å²) in [6.07, 6.45) is 5.18. The predicted molar refractivity (Wildman–Crippen MR) is 91.8 cm³/mol. The van der Waals surface area contributed by atoms with Crippen LogP contribution in [0.2, 0.25) is 0 Å². The maximum atomic E-state index is 6.24. The van der Waals surface area contributed by atoms with Crippen molar-refractivity contribution in [3.8, 4) is 5.75 Å². The average Bonchev–Trinajstić information content (AvgIpc) is 2.46. The minimum atomic E-state index is 0.793. The van der Waals surface area contributed by atoms with Crippen LogP contribution in [-0.4, -0.2) is 44.2 Å². The molecule has 122 valence electrons. The van der Waals surface area contributed by atoms with E-state index in [1.807, 2.05) is 0 Å². The van der Waals surface area contributed by atoms with E-state index in [-0.39, 0.29) is 0 Å². The second kappa shape index (κ2) is 7.47. The maximum absolute atomic E-state index is 6.24. The highest BCUT2D eigenvalue weighted by atomic mass is 16.5. The van der Waals surface area contributed by atoms with E-state index >= 15 is 0 Å². The van der Waals surface area contributed by atoms with Gasteiger partial charge in [0.25, 0.3) is 0 Å². The van der Waals surface area contributed by atoms with Gasteiger partial charge in [-0.15, -0.1) is 0 Å². The first-order chi connectivity index (χ1) is 10.7. The lowest BCUT2D eigenvalue weighted by Gasteiger charge is -2.28. The van der Waals surface area contributed by atoms with Gasteiger partial charge in [0.05, 0.1) is 6.61 Å². The predicted octanol–water partition coefficient (Wildman–Crippen LogP) is 2.93. The highest BCUT2D eigenvalue weighted by Gasteiger charge is 2.19. The van der Waals surface area contributed by atoms with Crippen LogP contribution < -0.4 is 10.1 Å². The van der Waals surface area contributed by atoms with Crippen LogP contribution in [0.15, 0.2) is 12.1 Å². The molecule has 22 heavy (non-hydrogen) atoms. The van der Waals surface area contributed by atoms with Gasteiger partial charge in [-0.1, -0.05) is 24.1 Å². The Balaban J connectivity index is 1.64. The zero-order valence-corrected chi connectivity index (χ0v) is 14.2. The van der Waals surface area contributed by atoms with Crippen LogP contribution in [-0.2, 0) is 6.42 Å². The van der Waals surface area contributed by atoms with Crippen LogP contribution in [0.25, 0.3) is 0 Å². The molecule has 1 heterocycles. The molecule has 3 rings (SSSR count). The SMILES string of the molecule is Cc1cc(C)c(OCC2CCC2)c(CCN2CCNCC2)c1. The van der Waals surface area contributed by atoms with Gasteiger partial charge in [-0.25, -0.2) is 0 Å². The van der Waals surface area contributed by atoms with E-state index in [1.165, 1.54) is 49.0 Å². The van der Waals surface area contributed by atoms with Crippen LogP contribution in [0.4, 0.5) is 0 Å². The van der Waals surface area contributed by atoms with Crippen LogP contribution in [0.1, 0.15) is 36.0 Å². The van der Waals surface area contributed by atoms with Crippen LogP contribution in [0.3, 0.4) is 0 Å². The van der Waals surface area contributed by atoms with Crippen LogP contribution in [0.5, 0.6) is 5.75 Å². The first-order valence-corrected chi connectivity index (χ1v) is 8.88. The Hall–Kier alpha value is -1.06. The second-order valence-corrected chi connectivity index (χ2v) is 7.02. The normalized spacial score (nSPS) is 19.9. The van der Waals surface area contributed by atoms with Crippen LogP contribution >= 0.6 is 0 Å². The fraction of sp³-hybridized carbons (Fsp3) is 0.684. The molecule has 2 aliphatic rings. The molecule has 2 fully saturated rings. The highest BCUT2D eigenvalue weighted by Crippen LogP contribution is 2.30. The first kappa shape index (κ1) is 15.8. The van der Waals surface area contributed by atoms with Crippen LogP contribution in [0, 0.1) is 19.8 Å². The monoisotopic (exact) mass is 302 g/mol. The third-order valence-corrected chi connectivity index (χ3v) is 5.09. The van der Waals surface area contributed by atoms with Gasteiger partial charge in [-0.3, -0.25) is 0 Å². The fourth-order valence-electron chi connectivity index (χ4n) is 3.51. The van der Waals surface area contributed by atoms with Crippen molar-refractivity contribution in [2.75, 3.05) is 39.3 Å². The molecule has 3 nitrogen and oxygen atoms in total. The van der Waals surface area contributed by atoms with Crippen molar-refractivity contribution in [3.63, 3.8) is 0 Å². The standard InChI is InChI=1S/C19H30N2O/c1-15-12-16(2)19(22-14-17-4-3-5-17)18(13-15)6-9-21-10-7-20-8-11-21/h12-13,17,20H,3-11,14H2,1-2H3. The summed E-state index contributed by atoms with van der Waals surface area (Å²) in [5.41, 5.74) is 4.05. The van der Waals surface area contributed by atoms with Gasteiger partial charge >= 0.3 is 0 Å². The molecule has 0 spiro atoms. The maximum Gasteiger partial charge on any atom is 0.125 e. The summed E-state index contributed by atoms with van der Waals surface area (Å²) in [7, 11) is 0. The van der Waals surface area contributed by atoms with Gasteiger partial charge in [0.1, 0.15) is 5.75 Å². The summed E-state index contributed by atoms with van der Waals surface area (Å²) in [5.74, 6) is 1.95. The summed E-state index contributed by atoms with van der Waals surface area (Å²) in [4.78, 5) is 2.56. The van der Waals surface area contributed by atoms with Crippen molar-refractivity contribution < 1.29 is 4.74 Å². The zero-order valence-electron chi connectivity index (χ0n) is 14.2. The van der Waals surface area contributed by atoms with E-state index in [1.54, 1.807) is 0 Å². The van der Waals surface area contributed by atoms with Crippen molar-refractivity contribution >= 4 is 0 Å². The summed E-state index contributed by atoms with van der Waals surface area (Å²) in [5, 5.41) is 3.42. The molecule has 0 bridgehead atoms. The quantitative estimate of drug-likeness (QED) is 0.874. The Labute approximate surface area is 135 Å². The third kappa shape index (κ3) is 4.02. The van der Waals surface area contributed by atoms with Crippen molar-refractivity contribution in [1.82, 2.24) is 10.2 Å². The number of nitrogens with one attached hydrogen (secondary N) is 1. The minimum Gasteiger partial charge on any atom is -0.493 e. The minimum absolute atomic E-state index is 0.793. The lowest BCUT2D eigenvalue weighted by Crippen LogP contribution is -2.44. The van der Waals surface area contributed by atoms with E-state index in [2.05, 4.69) is 36.2 Å². The molecular formula is C19H30N2O. The Morgan fingerprint density at radius 1 is 1.18 bits per heavy atom. The highest BCUT2D eigenvalue weighted by molar-refractivity contribution is 5.44. The van der Waals surface area contributed by atoms with Gasteiger partial charge in [0.2, 0.25) is 0 Å². The summed E-state index contributed by atoms with van der Waals surface area (Å²) >= 11 is 0. The van der Waals surface area contributed by atoms with Gasteiger partial charge in [-0.05, 0) is 50.2 Å². The van der Waals surface area contributed by atoms with Gasteiger partial charge in [-0.2, -0.15) is 0 Å². The molecule has 3 heteroatoms. The number of rotatable bonds is 6. The van der Waals surface area contributed by atoms with E-state index in [9.17, 15) is 0 Å². The number of ether oxygens (including phenoxy) is 1. The summed E-state index contributed by atoms with van der Waals surface area (Å²) < 4.78 is 6.24. The Morgan fingerprint density at radius 2 is 1.95 bits per heavy atom. The van der Waals surface area contributed by atoms with Crippen molar-refractivity contribution in [2.24, 2.45) is 5.92 Å². The molecule has 1 saturated heterocycles. The van der Waals surface area contributed by atoms with Crippen molar-refractivity contribution in [3.05, 3.63) is 28.8 Å². The third-order valence-electron chi connectivity index (χ3n) is 5.09. The number of hydrogen-bond donors (Lipinski definition) is 1. The van der Waals surface area contributed by atoms with E-state index in [4.69, 9.17) is 4.74 Å². The lowest BCUT2D eigenvalue weighted by molar-refractivity contribution is 0.178. The smallest absolute Gasteiger partial charge is 0.125 e. The number of aryl methyl sites for hydroxylation is 2. The average molecular weight is 302 g/mol. The fourth-order valence-corrected chi connectivity index (χ4v) is 3.51. The summed E-state index contributed by atoms with van der Waals surface area (Å²) in [6, 6.07) is 4.58. The summed E-state index contributed by atoms with van der Waals surface area (Å²) in [6.45, 7) is 11.0. The molecule has 0 unspecified atom stereocenters. The van der Waals surface area contributed by atoms with Gasteiger partial charge in [0.15, 0.2) is 0 Å². The topological polar surface area (TPSA) is 24.5 Å². The van der Waals surface area contributed by atoms with E-state index < -0.39 is 0 Å². The molecule has 1 aliphatic carbocycles. The Morgan fingerprint density at radius 3 is 2.64 bits per heavy atom. The zero-order chi connectivity index (χ0) is 15.4. The van der Waals surface area contributed by atoms with Crippen molar-refractivity contribution in [2.45, 2.75) is 39.5 Å². The number of piperazine rings is 1. The largest absolute Gasteiger partial charge is 0.493 e. The molecule has 1 aromatic rings. The van der Waals surface area contributed by atoms with E-state index in [0.717, 1.165) is 44.3 Å².